The van der Waals surface area contributed by atoms with Gasteiger partial charge in [-0.05, 0) is 48.5 Å². The molecule has 0 spiro atoms. The van der Waals surface area contributed by atoms with Crippen LogP contribution in [0.4, 0.5) is 33.7 Å². The minimum Gasteiger partial charge on any atom is -0.504 e. The number of rotatable bonds is 5. The summed E-state index contributed by atoms with van der Waals surface area (Å²) in [5.74, 6) is -0.588. The number of fused-ring (bicyclic) bond motifs is 1. The number of aromatic nitrogens is 1. The zero-order chi connectivity index (χ0) is 27.2. The summed E-state index contributed by atoms with van der Waals surface area (Å²) in [6, 6.07) is 11.2. The van der Waals surface area contributed by atoms with Crippen LogP contribution in [-0.2, 0) is 6.18 Å². The number of alkyl halides is 3. The third kappa shape index (κ3) is 6.57. The molecule has 0 atom stereocenters. The molecule has 0 saturated heterocycles. The molecular formula is C26H23F4N3O4. The van der Waals surface area contributed by atoms with E-state index in [2.05, 4.69) is 15.6 Å². The average molecular weight is 517 g/mol. The van der Waals surface area contributed by atoms with Crippen molar-refractivity contribution < 1.29 is 36.9 Å². The highest BCUT2D eigenvalue weighted by atomic mass is 19.4. The number of nitrogens with zero attached hydrogens (tertiary/aromatic N) is 1. The Kier molecular flexibility index (Phi) is 8.38. The number of ether oxygens (including phenoxy) is 2. The Labute approximate surface area is 209 Å². The highest BCUT2D eigenvalue weighted by Crippen LogP contribution is 2.37. The number of amides is 2. The van der Waals surface area contributed by atoms with Crippen LogP contribution in [-0.4, -0.2) is 23.2 Å². The van der Waals surface area contributed by atoms with Gasteiger partial charge in [-0.25, -0.2) is 9.18 Å². The van der Waals surface area contributed by atoms with E-state index in [0.29, 0.717) is 10.9 Å². The first-order chi connectivity index (χ1) is 17.6. The Hall–Kier alpha value is -4.54. The third-order valence-electron chi connectivity index (χ3n) is 4.88. The summed E-state index contributed by atoms with van der Waals surface area (Å²) < 4.78 is 63.4. The minimum absolute atomic E-state index is 0.0884. The second-order valence-corrected chi connectivity index (χ2v) is 7.25. The lowest BCUT2D eigenvalue weighted by Crippen LogP contribution is -2.19. The summed E-state index contributed by atoms with van der Waals surface area (Å²) in [5.41, 5.74) is -0.231. The molecule has 0 saturated carbocycles. The number of pyridine rings is 1. The van der Waals surface area contributed by atoms with E-state index in [0.717, 1.165) is 30.3 Å². The lowest BCUT2D eigenvalue weighted by atomic mass is 10.2. The van der Waals surface area contributed by atoms with Crippen LogP contribution in [0.15, 0.2) is 66.9 Å². The summed E-state index contributed by atoms with van der Waals surface area (Å²) >= 11 is 0. The van der Waals surface area contributed by atoms with Crippen LogP contribution in [0, 0.1) is 5.82 Å². The van der Waals surface area contributed by atoms with Crippen LogP contribution in [0.2, 0.25) is 0 Å². The Morgan fingerprint density at radius 3 is 2.16 bits per heavy atom. The number of anilines is 2. The van der Waals surface area contributed by atoms with Crippen molar-refractivity contribution in [3.63, 3.8) is 0 Å². The van der Waals surface area contributed by atoms with Gasteiger partial charge < -0.3 is 25.2 Å². The maximum atomic E-state index is 14.7. The van der Waals surface area contributed by atoms with Crippen molar-refractivity contribution in [3.8, 4) is 23.0 Å². The number of methoxy groups -OCH3 is 1. The van der Waals surface area contributed by atoms with Gasteiger partial charge in [0.25, 0.3) is 0 Å². The summed E-state index contributed by atoms with van der Waals surface area (Å²) in [7, 11) is 1.39. The molecule has 2 amide bonds. The number of nitrogens with one attached hydrogen (secondary N) is 2. The van der Waals surface area contributed by atoms with Gasteiger partial charge in [-0.2, -0.15) is 13.2 Å². The van der Waals surface area contributed by atoms with E-state index in [1.165, 1.54) is 43.6 Å². The fraction of sp³-hybridized carbons (Fsp3) is 0.154. The smallest absolute Gasteiger partial charge is 0.416 e. The van der Waals surface area contributed by atoms with Gasteiger partial charge in [0.05, 0.1) is 18.2 Å². The number of hydrogen-bond donors (Lipinski definition) is 3. The number of carbonyl (C=O) groups excluding carboxylic acids is 1. The van der Waals surface area contributed by atoms with Crippen LogP contribution >= 0.6 is 0 Å². The van der Waals surface area contributed by atoms with Gasteiger partial charge in [-0.3, -0.25) is 4.98 Å². The fourth-order valence-corrected chi connectivity index (χ4v) is 3.20. The van der Waals surface area contributed by atoms with Crippen molar-refractivity contribution >= 4 is 28.3 Å². The number of aromatic hydroxyl groups is 1. The molecule has 4 aromatic rings. The Morgan fingerprint density at radius 1 is 0.892 bits per heavy atom. The summed E-state index contributed by atoms with van der Waals surface area (Å²) in [6.45, 7) is 4.00. The Bertz CT molecular complexity index is 1390. The molecule has 0 unspecified atom stereocenters. The Balaban J connectivity index is 0.00000186. The van der Waals surface area contributed by atoms with E-state index in [1.54, 1.807) is 0 Å². The van der Waals surface area contributed by atoms with Crippen molar-refractivity contribution in [1.82, 2.24) is 4.98 Å². The topological polar surface area (TPSA) is 92.7 Å². The first-order valence-electron chi connectivity index (χ1n) is 11.0. The molecule has 1 heterocycles. The molecule has 7 nitrogen and oxygen atoms in total. The first kappa shape index (κ1) is 27.1. The number of phenols is 1. The van der Waals surface area contributed by atoms with Gasteiger partial charge in [0.15, 0.2) is 23.1 Å². The number of carbonyl (C=O) groups is 1. The summed E-state index contributed by atoms with van der Waals surface area (Å²) in [4.78, 5) is 16.3. The zero-order valence-corrected chi connectivity index (χ0v) is 20.0. The molecule has 1 aromatic heterocycles. The van der Waals surface area contributed by atoms with Crippen LogP contribution in [0.5, 0.6) is 23.0 Å². The van der Waals surface area contributed by atoms with E-state index in [4.69, 9.17) is 9.47 Å². The van der Waals surface area contributed by atoms with Gasteiger partial charge in [-0.15, -0.1) is 0 Å². The van der Waals surface area contributed by atoms with Gasteiger partial charge in [-0.1, -0.05) is 13.8 Å². The quantitative estimate of drug-likeness (QED) is 0.238. The van der Waals surface area contributed by atoms with Crippen molar-refractivity contribution in [2.24, 2.45) is 0 Å². The van der Waals surface area contributed by atoms with Crippen LogP contribution in [0.1, 0.15) is 19.4 Å². The van der Waals surface area contributed by atoms with Crippen LogP contribution in [0.3, 0.4) is 0 Å². The number of hydrogen-bond acceptors (Lipinski definition) is 5. The summed E-state index contributed by atoms with van der Waals surface area (Å²) in [5, 5.41) is 15.2. The molecule has 11 heteroatoms. The monoisotopic (exact) mass is 517 g/mol. The van der Waals surface area contributed by atoms with Gasteiger partial charge >= 0.3 is 12.2 Å². The third-order valence-corrected chi connectivity index (χ3v) is 4.88. The molecule has 0 aliphatic rings. The fourth-order valence-electron chi connectivity index (χ4n) is 3.20. The number of phenolic OH excluding ortho intramolecular Hbond substituents is 1. The number of halogens is 4. The maximum Gasteiger partial charge on any atom is 0.416 e. The lowest BCUT2D eigenvalue weighted by molar-refractivity contribution is -0.137. The molecule has 3 N–H and O–H groups in total. The molecule has 0 aliphatic heterocycles. The summed E-state index contributed by atoms with van der Waals surface area (Å²) in [6.07, 6.45) is -3.05. The first-order valence-corrected chi connectivity index (χ1v) is 11.0. The average Bonchev–Trinajstić information content (AvgIpc) is 2.86. The van der Waals surface area contributed by atoms with Gasteiger partial charge in [0, 0.05) is 35.1 Å². The molecule has 0 bridgehead atoms. The number of benzene rings is 3. The predicted molar refractivity (Wildman–Crippen MR) is 132 cm³/mol. The number of urea groups is 1. The molecule has 194 valence electrons. The SMILES string of the molecule is CC.COc1cc2c(Oc3ccc(NC(=O)Nc4ccc(C(F)(F)F)cc4)cc3F)ccnc2cc1O. The molecule has 4 rings (SSSR count). The minimum atomic E-state index is -4.49. The zero-order valence-electron chi connectivity index (χ0n) is 20.0. The van der Waals surface area contributed by atoms with Crippen molar-refractivity contribution in [1.29, 1.82) is 0 Å². The molecular weight excluding hydrogens is 494 g/mol. The van der Waals surface area contributed by atoms with E-state index in [-0.39, 0.29) is 34.4 Å². The van der Waals surface area contributed by atoms with E-state index >= 15 is 0 Å². The maximum absolute atomic E-state index is 14.7. The molecule has 0 aliphatic carbocycles. The largest absolute Gasteiger partial charge is 0.504 e. The molecule has 0 fully saturated rings. The lowest BCUT2D eigenvalue weighted by Gasteiger charge is -2.13. The van der Waals surface area contributed by atoms with Crippen LogP contribution < -0.4 is 20.1 Å². The molecule has 37 heavy (non-hydrogen) atoms. The second-order valence-electron chi connectivity index (χ2n) is 7.25. The van der Waals surface area contributed by atoms with Gasteiger partial charge in [0.1, 0.15) is 5.75 Å². The van der Waals surface area contributed by atoms with E-state index < -0.39 is 23.6 Å². The predicted octanol–water partition coefficient (Wildman–Crippen LogP) is 7.57. The normalized spacial score (nSPS) is 10.8. The van der Waals surface area contributed by atoms with Crippen molar-refractivity contribution in [2.45, 2.75) is 20.0 Å². The molecule has 0 radical (unpaired) electrons. The van der Waals surface area contributed by atoms with Crippen molar-refractivity contribution in [3.05, 3.63) is 78.2 Å². The van der Waals surface area contributed by atoms with E-state index in [9.17, 15) is 27.5 Å². The highest BCUT2D eigenvalue weighted by Gasteiger charge is 2.30. The second kappa shape index (κ2) is 11.5. The van der Waals surface area contributed by atoms with Gasteiger partial charge in [0.2, 0.25) is 0 Å². The van der Waals surface area contributed by atoms with E-state index in [1.807, 2.05) is 13.8 Å². The molecule has 3 aromatic carbocycles. The van der Waals surface area contributed by atoms with Crippen LogP contribution in [0.25, 0.3) is 10.9 Å². The highest BCUT2D eigenvalue weighted by molar-refractivity contribution is 5.99. The van der Waals surface area contributed by atoms with Crippen molar-refractivity contribution in [2.75, 3.05) is 17.7 Å². The Morgan fingerprint density at radius 2 is 1.54 bits per heavy atom. The standard InChI is InChI=1S/C24H17F4N3O4.C2H6/c1-34-22-11-16-18(12-19(22)32)29-9-8-20(16)35-21-7-6-15(10-17(21)25)31-23(33)30-14-4-2-13(3-5-14)24(26,27)28;1-2/h2-12,32H,1H3,(H2,30,31,33);1-2H3.